The van der Waals surface area contributed by atoms with E-state index in [9.17, 15) is 5.26 Å². The summed E-state index contributed by atoms with van der Waals surface area (Å²) in [5.74, 6) is 0.943. The normalized spacial score (nSPS) is 10.2. The minimum Gasteiger partial charge on any atom is -0.494 e. The number of hydrogen-bond acceptors (Lipinski definition) is 2. The Kier molecular flexibility index (Phi) is 4.93. The van der Waals surface area contributed by atoms with Crippen LogP contribution in [0.5, 0.6) is 5.75 Å². The summed E-state index contributed by atoms with van der Waals surface area (Å²) in [6.45, 7) is 2.67. The highest BCUT2D eigenvalue weighted by Gasteiger charge is 2.06. The number of para-hydroxylation sites is 1. The quantitative estimate of drug-likeness (QED) is 0.647. The first-order valence-electron chi connectivity index (χ1n) is 8.11. The lowest BCUT2D eigenvalue weighted by Gasteiger charge is -2.10. The van der Waals surface area contributed by atoms with Crippen LogP contribution in [0.2, 0.25) is 0 Å². The molecular formula is C22H19NO. The van der Waals surface area contributed by atoms with Gasteiger partial charge in [0.15, 0.2) is 0 Å². The Balaban J connectivity index is 1.85. The Bertz CT molecular complexity index is 860. The van der Waals surface area contributed by atoms with Crippen LogP contribution < -0.4 is 4.74 Å². The molecule has 2 nitrogen and oxygen atoms in total. The van der Waals surface area contributed by atoms with Crippen molar-refractivity contribution >= 4 is 0 Å². The smallest absolute Gasteiger partial charge is 0.122 e. The van der Waals surface area contributed by atoms with E-state index in [-0.39, 0.29) is 0 Å². The molecule has 0 fully saturated rings. The van der Waals surface area contributed by atoms with Crippen LogP contribution in [0.4, 0.5) is 0 Å². The molecular weight excluding hydrogens is 294 g/mol. The lowest BCUT2D eigenvalue weighted by Crippen LogP contribution is -1.97. The second-order valence-corrected chi connectivity index (χ2v) is 5.57. The van der Waals surface area contributed by atoms with Gasteiger partial charge >= 0.3 is 0 Å². The molecule has 0 aliphatic heterocycles. The second kappa shape index (κ2) is 7.48. The van der Waals surface area contributed by atoms with E-state index in [4.69, 9.17) is 4.74 Å². The Morgan fingerprint density at radius 1 is 0.875 bits per heavy atom. The van der Waals surface area contributed by atoms with Crippen LogP contribution in [0.1, 0.15) is 23.6 Å². The van der Waals surface area contributed by atoms with Gasteiger partial charge in [0.05, 0.1) is 18.2 Å². The van der Waals surface area contributed by atoms with Gasteiger partial charge in [-0.05, 0) is 41.3 Å². The summed E-state index contributed by atoms with van der Waals surface area (Å²) in [6.07, 6.45) is 0.830. The fourth-order valence-electron chi connectivity index (χ4n) is 2.80. The first-order chi connectivity index (χ1) is 11.8. The fourth-order valence-corrected chi connectivity index (χ4v) is 2.80. The summed E-state index contributed by atoms with van der Waals surface area (Å²) in [4.78, 5) is 0. The van der Waals surface area contributed by atoms with Crippen LogP contribution in [-0.4, -0.2) is 6.61 Å². The van der Waals surface area contributed by atoms with Crippen molar-refractivity contribution in [3.05, 3.63) is 89.5 Å². The molecule has 0 bridgehead atoms. The minimum absolute atomic E-state index is 0.668. The zero-order chi connectivity index (χ0) is 16.8. The van der Waals surface area contributed by atoms with Crippen molar-refractivity contribution in [2.24, 2.45) is 0 Å². The summed E-state index contributed by atoms with van der Waals surface area (Å²) >= 11 is 0. The lowest BCUT2D eigenvalue weighted by molar-refractivity contribution is 0.337. The van der Waals surface area contributed by atoms with Crippen LogP contribution in [0, 0.1) is 11.3 Å². The van der Waals surface area contributed by atoms with Crippen LogP contribution in [0.3, 0.4) is 0 Å². The zero-order valence-electron chi connectivity index (χ0n) is 13.7. The van der Waals surface area contributed by atoms with E-state index >= 15 is 0 Å². The van der Waals surface area contributed by atoms with Crippen molar-refractivity contribution in [1.29, 1.82) is 5.26 Å². The van der Waals surface area contributed by atoms with Crippen LogP contribution in [0.15, 0.2) is 72.8 Å². The maximum absolute atomic E-state index is 9.25. The molecule has 0 heterocycles. The molecule has 3 rings (SSSR count). The minimum atomic E-state index is 0.668. The first kappa shape index (κ1) is 15.8. The summed E-state index contributed by atoms with van der Waals surface area (Å²) in [6, 6.07) is 26.5. The third-order valence-electron chi connectivity index (χ3n) is 3.98. The lowest BCUT2D eigenvalue weighted by atomic mass is 9.97. The molecule has 0 saturated carbocycles. The average molecular weight is 313 g/mol. The largest absolute Gasteiger partial charge is 0.494 e. The van der Waals surface area contributed by atoms with Crippen molar-refractivity contribution in [1.82, 2.24) is 0 Å². The molecule has 0 saturated heterocycles. The number of nitriles is 1. The number of ether oxygens (including phenoxy) is 1. The van der Waals surface area contributed by atoms with Crippen LogP contribution in [-0.2, 0) is 6.42 Å². The average Bonchev–Trinajstić information content (AvgIpc) is 2.64. The van der Waals surface area contributed by atoms with E-state index < -0.39 is 0 Å². The highest BCUT2D eigenvalue weighted by molar-refractivity contribution is 5.70. The monoisotopic (exact) mass is 313 g/mol. The van der Waals surface area contributed by atoms with E-state index in [1.54, 1.807) is 0 Å². The number of nitrogens with zero attached hydrogens (tertiary/aromatic N) is 1. The Morgan fingerprint density at radius 3 is 2.33 bits per heavy atom. The van der Waals surface area contributed by atoms with Crippen molar-refractivity contribution in [2.75, 3.05) is 6.61 Å². The van der Waals surface area contributed by atoms with Gasteiger partial charge in [0.1, 0.15) is 5.75 Å². The molecule has 118 valence electrons. The van der Waals surface area contributed by atoms with E-state index in [2.05, 4.69) is 36.4 Å². The molecule has 0 unspecified atom stereocenters. The molecule has 0 atom stereocenters. The fraction of sp³-hybridized carbons (Fsp3) is 0.136. The van der Waals surface area contributed by atoms with Crippen LogP contribution >= 0.6 is 0 Å². The van der Waals surface area contributed by atoms with Gasteiger partial charge < -0.3 is 4.74 Å². The van der Waals surface area contributed by atoms with E-state index in [1.165, 1.54) is 11.1 Å². The van der Waals surface area contributed by atoms with E-state index in [0.717, 1.165) is 23.3 Å². The summed E-state index contributed by atoms with van der Waals surface area (Å²) in [5.41, 5.74) is 5.15. The molecule has 0 spiro atoms. The molecule has 0 amide bonds. The van der Waals surface area contributed by atoms with E-state index in [0.29, 0.717) is 12.2 Å². The van der Waals surface area contributed by atoms with Gasteiger partial charge in [0.25, 0.3) is 0 Å². The maximum atomic E-state index is 9.25. The highest BCUT2D eigenvalue weighted by Crippen LogP contribution is 2.26. The van der Waals surface area contributed by atoms with Gasteiger partial charge in [-0.2, -0.15) is 5.26 Å². The third kappa shape index (κ3) is 3.47. The maximum Gasteiger partial charge on any atom is 0.122 e. The molecule has 3 aromatic carbocycles. The zero-order valence-corrected chi connectivity index (χ0v) is 13.7. The number of benzene rings is 3. The topological polar surface area (TPSA) is 33.0 Å². The standard InChI is InChI=1S/C22H19NO/c1-2-24-22-10-6-4-7-19(22)15-17-11-13-18(14-12-17)21-9-5-3-8-20(21)16-23/h3-14H,2,15H2,1H3. The third-order valence-corrected chi connectivity index (χ3v) is 3.98. The number of hydrogen-bond donors (Lipinski definition) is 0. The summed E-state index contributed by atoms with van der Waals surface area (Å²) < 4.78 is 5.70. The van der Waals surface area contributed by atoms with Gasteiger partial charge in [-0.25, -0.2) is 0 Å². The Morgan fingerprint density at radius 2 is 1.58 bits per heavy atom. The first-order valence-corrected chi connectivity index (χ1v) is 8.11. The molecule has 24 heavy (non-hydrogen) atoms. The van der Waals surface area contributed by atoms with Gasteiger partial charge in [-0.15, -0.1) is 0 Å². The van der Waals surface area contributed by atoms with Crippen molar-refractivity contribution in [3.63, 3.8) is 0 Å². The Hall–Kier alpha value is -3.05. The predicted molar refractivity (Wildman–Crippen MR) is 97.0 cm³/mol. The van der Waals surface area contributed by atoms with E-state index in [1.807, 2.05) is 49.4 Å². The molecule has 0 radical (unpaired) electrons. The molecule has 2 heteroatoms. The summed E-state index contributed by atoms with van der Waals surface area (Å²) in [5, 5.41) is 9.25. The SMILES string of the molecule is CCOc1ccccc1Cc1ccc(-c2ccccc2C#N)cc1. The van der Waals surface area contributed by atoms with Crippen molar-refractivity contribution in [3.8, 4) is 22.9 Å². The van der Waals surface area contributed by atoms with Gasteiger partial charge in [0, 0.05) is 6.42 Å². The predicted octanol–water partition coefficient (Wildman–Crippen LogP) is 5.21. The molecule has 0 N–H and O–H groups in total. The number of rotatable bonds is 5. The van der Waals surface area contributed by atoms with Gasteiger partial charge in [-0.1, -0.05) is 60.7 Å². The molecule has 3 aromatic rings. The van der Waals surface area contributed by atoms with Gasteiger partial charge in [0.2, 0.25) is 0 Å². The molecule has 0 aliphatic carbocycles. The Labute approximate surface area is 143 Å². The highest BCUT2D eigenvalue weighted by atomic mass is 16.5. The summed E-state index contributed by atoms with van der Waals surface area (Å²) in [7, 11) is 0. The molecule has 0 aromatic heterocycles. The second-order valence-electron chi connectivity index (χ2n) is 5.57. The van der Waals surface area contributed by atoms with Crippen LogP contribution in [0.25, 0.3) is 11.1 Å². The van der Waals surface area contributed by atoms with Crippen molar-refractivity contribution in [2.45, 2.75) is 13.3 Å². The van der Waals surface area contributed by atoms with Crippen molar-refractivity contribution < 1.29 is 4.74 Å². The molecule has 0 aliphatic rings. The van der Waals surface area contributed by atoms with Gasteiger partial charge in [-0.3, -0.25) is 0 Å².